The van der Waals surface area contributed by atoms with Crippen molar-refractivity contribution in [2.75, 3.05) is 19.6 Å². The average molecular weight is 477 g/mol. The molecule has 2 amide bonds. The molecule has 1 N–H and O–H groups in total. The molecule has 3 heterocycles. The number of carbonyl (C=O) groups excluding carboxylic acids is 2. The molecule has 1 aromatic heterocycles. The Morgan fingerprint density at radius 2 is 1.94 bits per heavy atom. The molecule has 0 spiro atoms. The molecule has 2 aromatic rings. The monoisotopic (exact) mass is 476 g/mol. The van der Waals surface area contributed by atoms with E-state index in [0.717, 1.165) is 17.7 Å². The van der Waals surface area contributed by atoms with Crippen molar-refractivity contribution in [3.63, 3.8) is 0 Å². The minimum Gasteiger partial charge on any atom is -0.365 e. The number of nitrogens with one attached hydrogen (secondary N) is 1. The zero-order chi connectivity index (χ0) is 24.2. The van der Waals surface area contributed by atoms with Gasteiger partial charge in [0.05, 0.1) is 25.2 Å². The lowest BCUT2D eigenvalue weighted by Gasteiger charge is -2.31. The molecule has 35 heavy (non-hydrogen) atoms. The van der Waals surface area contributed by atoms with Crippen LogP contribution >= 0.6 is 0 Å². The Hall–Kier alpha value is -2.93. The molecular weight excluding hydrogens is 440 g/mol. The van der Waals surface area contributed by atoms with Crippen molar-refractivity contribution in [2.24, 2.45) is 5.92 Å². The van der Waals surface area contributed by atoms with Crippen LogP contribution in [0.1, 0.15) is 78.4 Å². The maximum Gasteiger partial charge on any atom is 0.274 e. The molecule has 1 atom stereocenters. The second kappa shape index (κ2) is 10.8. The first-order valence-electron chi connectivity index (χ1n) is 13.1. The van der Waals surface area contributed by atoms with Gasteiger partial charge in [0.2, 0.25) is 5.91 Å². The highest BCUT2D eigenvalue weighted by atomic mass is 16.5. The van der Waals surface area contributed by atoms with Crippen LogP contribution < -0.4 is 5.32 Å². The first kappa shape index (κ1) is 23.8. The van der Waals surface area contributed by atoms with Crippen LogP contribution in [-0.2, 0) is 22.7 Å². The van der Waals surface area contributed by atoms with Crippen molar-refractivity contribution in [1.82, 2.24) is 19.8 Å². The van der Waals surface area contributed by atoms with E-state index in [4.69, 9.17) is 4.74 Å². The predicted molar refractivity (Wildman–Crippen MR) is 134 cm³/mol. The summed E-state index contributed by atoms with van der Waals surface area (Å²) in [6, 6.07) is 8.38. The van der Waals surface area contributed by atoms with Gasteiger partial charge in [0, 0.05) is 25.6 Å². The van der Waals surface area contributed by atoms with Gasteiger partial charge in [-0.05, 0) is 57.4 Å². The fraction of sp³-hybridized carbons (Fsp3) is 0.536. The number of rotatable bonds is 6. The van der Waals surface area contributed by atoms with Gasteiger partial charge in [0.25, 0.3) is 5.91 Å². The topological polar surface area (TPSA) is 76.5 Å². The molecule has 0 radical (unpaired) electrons. The zero-order valence-electron chi connectivity index (χ0n) is 20.7. The number of hydrogen-bond donors (Lipinski definition) is 1. The molecule has 2 aliphatic heterocycles. The van der Waals surface area contributed by atoms with Crippen molar-refractivity contribution in [1.29, 1.82) is 0 Å². The SMILES string of the molecule is Cc1ccc([C@@H]2Cn3cnc(C(=O)N4CCC(C(=O)NCCC5=CCCCC5)CC4)c3CO2)cc1. The molecule has 0 saturated carbocycles. The third-order valence-corrected chi connectivity index (χ3v) is 7.67. The second-order valence-electron chi connectivity index (χ2n) is 10.1. The number of nitrogens with zero attached hydrogens (tertiary/aromatic N) is 3. The summed E-state index contributed by atoms with van der Waals surface area (Å²) < 4.78 is 8.15. The Kier molecular flexibility index (Phi) is 7.32. The minimum absolute atomic E-state index is 0.0195. The molecule has 5 rings (SSSR count). The molecule has 0 unspecified atom stereocenters. The molecule has 0 bridgehead atoms. The van der Waals surface area contributed by atoms with Gasteiger partial charge in [-0.15, -0.1) is 0 Å². The molecule has 1 saturated heterocycles. The minimum atomic E-state index is -0.0563. The smallest absolute Gasteiger partial charge is 0.274 e. The van der Waals surface area contributed by atoms with Gasteiger partial charge < -0.3 is 19.5 Å². The maximum atomic E-state index is 13.2. The Morgan fingerprint density at radius 1 is 1.14 bits per heavy atom. The summed E-state index contributed by atoms with van der Waals surface area (Å²) in [5.74, 6) is 0.0524. The first-order valence-corrected chi connectivity index (χ1v) is 13.1. The van der Waals surface area contributed by atoms with E-state index in [9.17, 15) is 9.59 Å². The Morgan fingerprint density at radius 3 is 2.69 bits per heavy atom. The summed E-state index contributed by atoms with van der Waals surface area (Å²) in [4.78, 5) is 32.2. The van der Waals surface area contributed by atoms with Gasteiger partial charge in [-0.3, -0.25) is 9.59 Å². The highest BCUT2D eigenvalue weighted by Gasteiger charge is 2.32. The van der Waals surface area contributed by atoms with E-state index < -0.39 is 0 Å². The van der Waals surface area contributed by atoms with Crippen LogP contribution in [0.4, 0.5) is 0 Å². The lowest BCUT2D eigenvalue weighted by atomic mass is 9.95. The van der Waals surface area contributed by atoms with E-state index in [2.05, 4.69) is 47.6 Å². The molecule has 7 heteroatoms. The van der Waals surface area contributed by atoms with Crippen LogP contribution in [-0.4, -0.2) is 45.9 Å². The summed E-state index contributed by atoms with van der Waals surface area (Å²) in [6.45, 7) is 4.98. The molecular formula is C28H36N4O3. The number of piperidine rings is 1. The van der Waals surface area contributed by atoms with Crippen molar-refractivity contribution >= 4 is 11.8 Å². The quantitative estimate of drug-likeness (QED) is 0.630. The van der Waals surface area contributed by atoms with Gasteiger partial charge in [0.1, 0.15) is 6.10 Å². The highest BCUT2D eigenvalue weighted by molar-refractivity contribution is 5.93. The Labute approximate surface area is 207 Å². The summed E-state index contributed by atoms with van der Waals surface area (Å²) in [7, 11) is 0. The number of likely N-dealkylation sites (tertiary alicyclic amines) is 1. The Bertz CT molecular complexity index is 1080. The third-order valence-electron chi connectivity index (χ3n) is 7.67. The number of fused-ring (bicyclic) bond motifs is 1. The zero-order valence-corrected chi connectivity index (χ0v) is 20.7. The molecule has 1 aliphatic carbocycles. The number of imidazole rings is 1. The van der Waals surface area contributed by atoms with E-state index in [1.165, 1.54) is 36.8 Å². The molecule has 1 fully saturated rings. The lowest BCUT2D eigenvalue weighted by molar-refractivity contribution is -0.126. The number of carbonyl (C=O) groups is 2. The second-order valence-corrected chi connectivity index (χ2v) is 10.1. The van der Waals surface area contributed by atoms with Crippen LogP contribution in [0.5, 0.6) is 0 Å². The van der Waals surface area contributed by atoms with Gasteiger partial charge in [-0.1, -0.05) is 41.5 Å². The predicted octanol–water partition coefficient (Wildman–Crippen LogP) is 4.32. The largest absolute Gasteiger partial charge is 0.365 e. The third kappa shape index (κ3) is 5.50. The maximum absolute atomic E-state index is 13.2. The summed E-state index contributed by atoms with van der Waals surface area (Å²) in [5, 5.41) is 3.12. The van der Waals surface area contributed by atoms with E-state index in [-0.39, 0.29) is 23.8 Å². The van der Waals surface area contributed by atoms with E-state index in [1.54, 1.807) is 6.33 Å². The van der Waals surface area contributed by atoms with E-state index in [0.29, 0.717) is 51.3 Å². The van der Waals surface area contributed by atoms with Crippen molar-refractivity contribution in [3.8, 4) is 0 Å². The first-order chi connectivity index (χ1) is 17.1. The van der Waals surface area contributed by atoms with E-state index in [1.807, 2.05) is 9.47 Å². The molecule has 7 nitrogen and oxygen atoms in total. The van der Waals surface area contributed by atoms with Gasteiger partial charge in [-0.25, -0.2) is 4.98 Å². The molecule has 1 aromatic carbocycles. The standard InChI is InChI=1S/C28H36N4O3/c1-20-7-9-22(10-8-20)25-17-32-19-30-26(24(32)18-35-25)28(34)31-15-12-23(13-16-31)27(33)29-14-11-21-5-3-2-4-6-21/h5,7-10,19,23,25H,2-4,6,11-18H2,1H3,(H,29,33)/t25-/m0/s1. The molecule has 3 aliphatic rings. The molecule has 186 valence electrons. The van der Waals surface area contributed by atoms with Gasteiger partial charge in [0.15, 0.2) is 5.69 Å². The van der Waals surface area contributed by atoms with E-state index >= 15 is 0 Å². The number of aryl methyl sites for hydroxylation is 1. The van der Waals surface area contributed by atoms with Gasteiger partial charge in [-0.2, -0.15) is 0 Å². The van der Waals surface area contributed by atoms with Crippen LogP contribution in [0.3, 0.4) is 0 Å². The van der Waals surface area contributed by atoms with Gasteiger partial charge >= 0.3 is 0 Å². The lowest BCUT2D eigenvalue weighted by Crippen LogP contribution is -2.43. The number of aromatic nitrogens is 2. The van der Waals surface area contributed by atoms with Crippen LogP contribution in [0, 0.1) is 12.8 Å². The Balaban J connectivity index is 1.12. The van der Waals surface area contributed by atoms with Crippen LogP contribution in [0.15, 0.2) is 42.2 Å². The number of allylic oxidation sites excluding steroid dienone is 1. The number of ether oxygens (including phenoxy) is 1. The number of amides is 2. The fourth-order valence-electron chi connectivity index (χ4n) is 5.41. The highest BCUT2D eigenvalue weighted by Crippen LogP contribution is 2.29. The number of benzene rings is 1. The average Bonchev–Trinajstić information content (AvgIpc) is 3.33. The van der Waals surface area contributed by atoms with Crippen molar-refractivity contribution in [2.45, 2.75) is 71.1 Å². The summed E-state index contributed by atoms with van der Waals surface area (Å²) >= 11 is 0. The normalized spacial score (nSPS) is 20.8. The number of hydrogen-bond acceptors (Lipinski definition) is 4. The summed E-state index contributed by atoms with van der Waals surface area (Å²) in [6.07, 6.45) is 11.3. The fourth-order valence-corrected chi connectivity index (χ4v) is 5.41. The van der Waals surface area contributed by atoms with Crippen LogP contribution in [0.2, 0.25) is 0 Å². The van der Waals surface area contributed by atoms with Crippen LogP contribution in [0.25, 0.3) is 0 Å². The van der Waals surface area contributed by atoms with Crippen molar-refractivity contribution in [3.05, 3.63) is 64.8 Å². The summed E-state index contributed by atoms with van der Waals surface area (Å²) in [5.41, 5.74) is 5.17. The van der Waals surface area contributed by atoms with Crippen molar-refractivity contribution < 1.29 is 14.3 Å².